The summed E-state index contributed by atoms with van der Waals surface area (Å²) < 4.78 is 99.3. The average Bonchev–Trinajstić information content (AvgIpc) is 3.16. The summed E-state index contributed by atoms with van der Waals surface area (Å²) in [6.07, 6.45) is 0. The highest BCUT2D eigenvalue weighted by atomic mass is 28.4. The van der Waals surface area contributed by atoms with Gasteiger partial charge in [-0.25, -0.2) is 0 Å². The molecule has 0 spiro atoms. The summed E-state index contributed by atoms with van der Waals surface area (Å²) in [5.41, 5.74) is 5.93. The Bertz CT molecular complexity index is 2700. The summed E-state index contributed by atoms with van der Waals surface area (Å²) in [6, 6.07) is 33.0. The lowest BCUT2D eigenvalue weighted by molar-refractivity contribution is 0.419. The monoisotopic (exact) mass is 693 g/mol. The van der Waals surface area contributed by atoms with Crippen LogP contribution in [0.2, 0.25) is 19.8 Å². The van der Waals surface area contributed by atoms with E-state index in [1.165, 1.54) is 0 Å². The van der Waals surface area contributed by atoms with Crippen molar-refractivity contribution in [2.75, 3.05) is 0 Å². The maximum absolute atomic E-state index is 9.09. The summed E-state index contributed by atoms with van der Waals surface area (Å²) in [6.45, 7) is 2.65. The third kappa shape index (κ3) is 5.24. The normalized spacial score (nSPS) is 20.4. The summed E-state index contributed by atoms with van der Waals surface area (Å²) >= 11 is 0. The molecule has 6 aromatic carbocycles. The van der Waals surface area contributed by atoms with Gasteiger partial charge in [0.15, 0.2) is 0 Å². The fourth-order valence-corrected chi connectivity index (χ4v) is 10.0. The first-order valence-corrected chi connectivity index (χ1v) is 20.2. The van der Waals surface area contributed by atoms with E-state index in [1.54, 1.807) is 61.5 Å². The lowest BCUT2D eigenvalue weighted by Gasteiger charge is -2.35. The van der Waals surface area contributed by atoms with Crippen molar-refractivity contribution >= 4 is 25.9 Å². The minimum atomic E-state index is -2.78. The molecule has 51 heavy (non-hydrogen) atoms. The van der Waals surface area contributed by atoms with Gasteiger partial charge in [0, 0.05) is 50.7 Å². The van der Waals surface area contributed by atoms with Crippen LogP contribution < -0.4 is 24.5 Å². The predicted octanol–water partition coefficient (Wildman–Crippen LogP) is 11.1. The van der Waals surface area contributed by atoms with Crippen molar-refractivity contribution in [1.29, 1.82) is 0 Å². The van der Waals surface area contributed by atoms with E-state index in [0.29, 0.717) is 73.0 Å². The van der Waals surface area contributed by atoms with Crippen LogP contribution in [0.25, 0.3) is 33.4 Å². The Morgan fingerprint density at radius 1 is 0.627 bits per heavy atom. The summed E-state index contributed by atoms with van der Waals surface area (Å²) in [5, 5.41) is 0.839. The smallest absolute Gasteiger partial charge is 0.392 e. The minimum Gasteiger partial charge on any atom is -0.556 e. The van der Waals surface area contributed by atoms with E-state index in [-0.39, 0.29) is 5.56 Å². The van der Waals surface area contributed by atoms with Gasteiger partial charge in [-0.05, 0) is 104 Å². The molecule has 8 rings (SSSR count). The zero-order chi connectivity index (χ0) is 43.3. The zero-order valence-electron chi connectivity index (χ0n) is 38.7. The Labute approximate surface area is 317 Å². The number of rotatable bonds is 3. The van der Waals surface area contributed by atoms with Gasteiger partial charge in [0.1, 0.15) is 23.0 Å². The molecule has 0 aliphatic carbocycles. The lowest BCUT2D eigenvalue weighted by Crippen LogP contribution is -2.53. The van der Waals surface area contributed by atoms with E-state index >= 15 is 0 Å². The maximum Gasteiger partial charge on any atom is 0.392 e. The second kappa shape index (κ2) is 12.1. The molecule has 2 heterocycles. The molecule has 254 valence electrons. The highest BCUT2D eigenvalue weighted by Crippen LogP contribution is 2.52. The Kier molecular flexibility index (Phi) is 5.73. The van der Waals surface area contributed by atoms with E-state index in [4.69, 9.17) is 26.2 Å². The molecular formula is C46H45BO3Si. The Hall–Kier alpha value is -5.00. The van der Waals surface area contributed by atoms with Crippen molar-refractivity contribution in [2.45, 2.75) is 66.7 Å². The molecule has 2 aliphatic heterocycles. The molecule has 0 saturated carbocycles. The van der Waals surface area contributed by atoms with Crippen molar-refractivity contribution in [3.63, 3.8) is 0 Å². The van der Waals surface area contributed by atoms with Gasteiger partial charge in [0.05, 0.1) is 0 Å². The molecule has 0 saturated heterocycles. The molecule has 0 amide bonds. The second-order valence-electron chi connectivity index (χ2n) is 14.3. The number of aryl methyl sites for hydroxylation is 2. The van der Waals surface area contributed by atoms with Crippen LogP contribution in [-0.4, -0.2) is 15.2 Å². The fourth-order valence-electron chi connectivity index (χ4n) is 7.93. The van der Waals surface area contributed by atoms with Gasteiger partial charge in [-0.3, -0.25) is 0 Å². The summed E-state index contributed by atoms with van der Waals surface area (Å²) in [7, 11) is -2.78. The maximum atomic E-state index is 9.09. The molecule has 1 unspecified atom stereocenters. The highest BCUT2D eigenvalue weighted by molar-refractivity contribution is 6.86. The van der Waals surface area contributed by atoms with E-state index in [0.717, 1.165) is 21.9 Å². The van der Waals surface area contributed by atoms with Crippen molar-refractivity contribution in [3.8, 4) is 56.4 Å². The lowest BCUT2D eigenvalue weighted by atomic mass is 9.62. The molecule has 3 nitrogen and oxygen atoms in total. The molecule has 2 aliphatic rings. The SMILES string of the molecule is [2H]C([2H])([2H])B1Oc2ccccc2[Si](C)(C)Oc2c1cccc2-c1c(C)ccc(-c2ccc(C)c(-c3cccc4c3Oc3ccccc3C4(C)C([2H])([2H])[2H])c2C([2H])([2H])[2H])c1C. The molecule has 0 aromatic heterocycles. The first-order chi connectivity index (χ1) is 28.1. The molecule has 0 radical (unpaired) electrons. The van der Waals surface area contributed by atoms with Crippen LogP contribution in [0.5, 0.6) is 23.0 Å². The number of benzene rings is 6. The van der Waals surface area contributed by atoms with Crippen LogP contribution in [0.3, 0.4) is 0 Å². The quantitative estimate of drug-likeness (QED) is 0.173. The van der Waals surface area contributed by atoms with Gasteiger partial charge in [-0.1, -0.05) is 111 Å². The zero-order valence-corrected chi connectivity index (χ0v) is 30.7. The molecule has 6 aromatic rings. The van der Waals surface area contributed by atoms with Crippen molar-refractivity contribution in [1.82, 2.24) is 0 Å². The fraction of sp³-hybridized carbons (Fsp3) is 0.217. The van der Waals surface area contributed by atoms with Gasteiger partial charge < -0.3 is 13.8 Å². The number of fused-ring (bicyclic) bond motifs is 4. The Balaban J connectivity index is 1.37. The van der Waals surface area contributed by atoms with Crippen LogP contribution in [0, 0.1) is 27.6 Å². The number of para-hydroxylation sites is 4. The number of ether oxygens (including phenoxy) is 1. The van der Waals surface area contributed by atoms with Crippen molar-refractivity contribution in [3.05, 3.63) is 143 Å². The Morgan fingerprint density at radius 3 is 1.98 bits per heavy atom. The highest BCUT2D eigenvalue weighted by Gasteiger charge is 2.38. The number of hydrogen-bond acceptors (Lipinski definition) is 3. The molecule has 0 N–H and O–H groups in total. The van der Waals surface area contributed by atoms with Crippen molar-refractivity contribution in [2.24, 2.45) is 0 Å². The largest absolute Gasteiger partial charge is 0.556 e. The van der Waals surface area contributed by atoms with Crippen LogP contribution in [0.1, 0.15) is 59.5 Å². The van der Waals surface area contributed by atoms with Crippen LogP contribution in [0.15, 0.2) is 109 Å². The van der Waals surface area contributed by atoms with Crippen LogP contribution in [0.4, 0.5) is 0 Å². The molecule has 0 bridgehead atoms. The van der Waals surface area contributed by atoms with Gasteiger partial charge in [-0.2, -0.15) is 0 Å². The average molecular weight is 694 g/mol. The molecule has 0 fully saturated rings. The third-order valence-corrected chi connectivity index (χ3v) is 13.0. The molecule has 5 heteroatoms. The van der Waals surface area contributed by atoms with E-state index < -0.39 is 41.1 Å². The Morgan fingerprint density at radius 2 is 1.25 bits per heavy atom. The number of hydrogen-bond donors (Lipinski definition) is 0. The first kappa shape index (κ1) is 24.2. The summed E-state index contributed by atoms with van der Waals surface area (Å²) in [4.78, 5) is 0. The minimum absolute atomic E-state index is 0.104. The predicted molar refractivity (Wildman–Crippen MR) is 216 cm³/mol. The van der Waals surface area contributed by atoms with Gasteiger partial charge in [-0.15, -0.1) is 0 Å². The van der Waals surface area contributed by atoms with Crippen LogP contribution in [-0.2, 0) is 5.41 Å². The van der Waals surface area contributed by atoms with Gasteiger partial charge in [0.2, 0.25) is 0 Å². The van der Waals surface area contributed by atoms with E-state index in [9.17, 15) is 0 Å². The molecule has 1 atom stereocenters. The third-order valence-electron chi connectivity index (χ3n) is 10.6. The summed E-state index contributed by atoms with van der Waals surface area (Å²) in [5.74, 6) is 1.63. The topological polar surface area (TPSA) is 27.7 Å². The van der Waals surface area contributed by atoms with Crippen molar-refractivity contribution < 1.29 is 26.2 Å². The second-order valence-corrected chi connectivity index (χ2v) is 18.1. The van der Waals surface area contributed by atoms with E-state index in [2.05, 4.69) is 13.1 Å². The standard InChI is InChI=1S/C46H45BO3Si/c1-28-24-26-32(30(3)42(28)34-16-14-19-37-44(34)48-39-21-11-10-18-36(39)46(37,5)6)33-27-25-29(2)43(31(33)4)35-17-15-20-38-45(35)50-51(8,9)41-23-13-12-22-40(41)49-47(38)7/h10-27H,1-9H3/i3D3,5D3,7D3. The van der Waals surface area contributed by atoms with Gasteiger partial charge >= 0.3 is 6.92 Å². The molecular weight excluding hydrogens is 639 g/mol. The van der Waals surface area contributed by atoms with E-state index in [1.807, 2.05) is 75.4 Å². The van der Waals surface area contributed by atoms with Gasteiger partial charge in [0.25, 0.3) is 8.32 Å². The van der Waals surface area contributed by atoms with Crippen LogP contribution >= 0.6 is 0 Å². The first-order valence-electron chi connectivity index (χ1n) is 21.8.